The normalized spacial score (nSPS) is 21.4. The van der Waals surface area contributed by atoms with Gasteiger partial charge in [0.2, 0.25) is 11.8 Å². The zero-order chi connectivity index (χ0) is 15.4. The van der Waals surface area contributed by atoms with Crippen LogP contribution in [0.4, 0.5) is 5.95 Å². The number of hydrogen-bond donors (Lipinski definition) is 1. The Bertz CT molecular complexity index is 606. The summed E-state index contributed by atoms with van der Waals surface area (Å²) in [5, 5.41) is 3.44. The number of nitrogens with zero attached hydrogens (tertiary/aromatic N) is 3. The van der Waals surface area contributed by atoms with Crippen LogP contribution in [0.2, 0.25) is 0 Å². The van der Waals surface area contributed by atoms with Gasteiger partial charge in [0, 0.05) is 36.3 Å². The first-order valence-corrected chi connectivity index (χ1v) is 7.83. The summed E-state index contributed by atoms with van der Waals surface area (Å²) in [5.74, 6) is 2.16. The second kappa shape index (κ2) is 6.73. The molecule has 2 aromatic heterocycles. The lowest BCUT2D eigenvalue weighted by Crippen LogP contribution is -2.26. The predicted octanol–water partition coefficient (Wildman–Crippen LogP) is 3.54. The standard InChI is InChI=1S/C17H22N4O/c1-12-3-5-15(6-4-12)21-17-19-10-14(11-20-17)13-7-8-18-16(9-13)22-2/h7-12,15H,3-6H2,1-2H3,(H,19,20,21)/t12-,15-. The Morgan fingerprint density at radius 1 is 1.05 bits per heavy atom. The summed E-state index contributed by atoms with van der Waals surface area (Å²) < 4.78 is 5.14. The fraction of sp³-hybridized carbons (Fsp3) is 0.471. The van der Waals surface area contributed by atoms with Gasteiger partial charge in [-0.3, -0.25) is 0 Å². The molecule has 0 amide bonds. The van der Waals surface area contributed by atoms with E-state index in [0.29, 0.717) is 17.9 Å². The summed E-state index contributed by atoms with van der Waals surface area (Å²) in [6.45, 7) is 2.32. The molecule has 1 saturated carbocycles. The zero-order valence-electron chi connectivity index (χ0n) is 13.1. The number of ether oxygens (including phenoxy) is 1. The summed E-state index contributed by atoms with van der Waals surface area (Å²) in [4.78, 5) is 13.0. The molecule has 1 N–H and O–H groups in total. The van der Waals surface area contributed by atoms with E-state index in [1.807, 2.05) is 24.5 Å². The molecular weight excluding hydrogens is 276 g/mol. The molecule has 0 bridgehead atoms. The van der Waals surface area contributed by atoms with Crippen molar-refractivity contribution in [2.24, 2.45) is 5.92 Å². The van der Waals surface area contributed by atoms with Crippen molar-refractivity contribution >= 4 is 5.95 Å². The van der Waals surface area contributed by atoms with Gasteiger partial charge >= 0.3 is 0 Å². The smallest absolute Gasteiger partial charge is 0.222 e. The van der Waals surface area contributed by atoms with Crippen LogP contribution in [-0.2, 0) is 0 Å². The molecule has 0 saturated heterocycles. The number of nitrogens with one attached hydrogen (secondary N) is 1. The van der Waals surface area contributed by atoms with E-state index in [2.05, 4.69) is 27.2 Å². The van der Waals surface area contributed by atoms with Crippen LogP contribution in [0.3, 0.4) is 0 Å². The summed E-state index contributed by atoms with van der Waals surface area (Å²) in [5.41, 5.74) is 1.97. The second-order valence-corrected chi connectivity index (χ2v) is 5.98. The topological polar surface area (TPSA) is 59.9 Å². The molecule has 5 nitrogen and oxygen atoms in total. The van der Waals surface area contributed by atoms with E-state index in [1.165, 1.54) is 25.7 Å². The van der Waals surface area contributed by atoms with Crippen LogP contribution in [0.25, 0.3) is 11.1 Å². The minimum absolute atomic E-state index is 0.503. The third kappa shape index (κ3) is 3.53. The molecular formula is C17H22N4O. The minimum atomic E-state index is 0.503. The van der Waals surface area contributed by atoms with Crippen molar-refractivity contribution in [3.63, 3.8) is 0 Å². The van der Waals surface area contributed by atoms with Gasteiger partial charge in [-0.15, -0.1) is 0 Å². The van der Waals surface area contributed by atoms with Gasteiger partial charge in [0.1, 0.15) is 0 Å². The van der Waals surface area contributed by atoms with Gasteiger partial charge in [0.15, 0.2) is 0 Å². The highest BCUT2D eigenvalue weighted by molar-refractivity contribution is 5.62. The van der Waals surface area contributed by atoms with E-state index in [-0.39, 0.29) is 0 Å². The van der Waals surface area contributed by atoms with Crippen LogP contribution >= 0.6 is 0 Å². The van der Waals surface area contributed by atoms with Crippen molar-refractivity contribution < 1.29 is 4.74 Å². The molecule has 2 heterocycles. The van der Waals surface area contributed by atoms with Crippen LogP contribution < -0.4 is 10.1 Å². The number of anilines is 1. The summed E-state index contributed by atoms with van der Waals surface area (Å²) >= 11 is 0. The van der Waals surface area contributed by atoms with Crippen LogP contribution in [0.5, 0.6) is 5.88 Å². The van der Waals surface area contributed by atoms with Gasteiger partial charge in [-0.1, -0.05) is 6.92 Å². The average Bonchev–Trinajstić information content (AvgIpc) is 2.58. The lowest BCUT2D eigenvalue weighted by atomic mass is 9.87. The summed E-state index contributed by atoms with van der Waals surface area (Å²) in [7, 11) is 1.61. The van der Waals surface area contributed by atoms with E-state index in [1.54, 1.807) is 13.3 Å². The lowest BCUT2D eigenvalue weighted by Gasteiger charge is -2.26. The van der Waals surface area contributed by atoms with Gasteiger partial charge in [-0.05, 0) is 43.2 Å². The highest BCUT2D eigenvalue weighted by Crippen LogP contribution is 2.26. The Morgan fingerprint density at radius 2 is 1.77 bits per heavy atom. The fourth-order valence-corrected chi connectivity index (χ4v) is 2.84. The van der Waals surface area contributed by atoms with E-state index >= 15 is 0 Å². The summed E-state index contributed by atoms with van der Waals surface area (Å²) in [6, 6.07) is 4.31. The third-order valence-corrected chi connectivity index (χ3v) is 4.28. The van der Waals surface area contributed by atoms with Crippen LogP contribution in [0, 0.1) is 5.92 Å². The van der Waals surface area contributed by atoms with E-state index in [9.17, 15) is 0 Å². The summed E-state index contributed by atoms with van der Waals surface area (Å²) in [6.07, 6.45) is 10.4. The molecule has 0 unspecified atom stereocenters. The SMILES string of the molecule is COc1cc(-c2cnc(N[C@H]3CC[C@H](C)CC3)nc2)ccn1. The molecule has 2 aromatic rings. The Labute approximate surface area is 131 Å². The second-order valence-electron chi connectivity index (χ2n) is 5.98. The first-order valence-electron chi connectivity index (χ1n) is 7.83. The highest BCUT2D eigenvalue weighted by atomic mass is 16.5. The van der Waals surface area contributed by atoms with Gasteiger partial charge in [0.05, 0.1) is 7.11 Å². The molecule has 0 radical (unpaired) electrons. The van der Waals surface area contributed by atoms with Gasteiger partial charge in [0.25, 0.3) is 0 Å². The molecule has 0 spiro atoms. The van der Waals surface area contributed by atoms with E-state index < -0.39 is 0 Å². The molecule has 116 valence electrons. The third-order valence-electron chi connectivity index (χ3n) is 4.28. The molecule has 3 rings (SSSR count). The zero-order valence-corrected chi connectivity index (χ0v) is 13.1. The lowest BCUT2D eigenvalue weighted by molar-refractivity contribution is 0.360. The van der Waals surface area contributed by atoms with Crippen molar-refractivity contribution in [3.8, 4) is 17.0 Å². The maximum atomic E-state index is 5.14. The van der Waals surface area contributed by atoms with Crippen molar-refractivity contribution in [3.05, 3.63) is 30.7 Å². The number of hydrogen-bond acceptors (Lipinski definition) is 5. The Hall–Kier alpha value is -2.17. The van der Waals surface area contributed by atoms with Crippen LogP contribution in [0.15, 0.2) is 30.7 Å². The van der Waals surface area contributed by atoms with Crippen LogP contribution in [-0.4, -0.2) is 28.1 Å². The number of pyridine rings is 1. The molecule has 0 atom stereocenters. The minimum Gasteiger partial charge on any atom is -0.481 e. The van der Waals surface area contributed by atoms with Gasteiger partial charge < -0.3 is 10.1 Å². The van der Waals surface area contributed by atoms with E-state index in [4.69, 9.17) is 4.74 Å². The van der Waals surface area contributed by atoms with E-state index in [0.717, 1.165) is 17.0 Å². The first kappa shape index (κ1) is 14.8. The van der Waals surface area contributed by atoms with Crippen molar-refractivity contribution in [1.29, 1.82) is 0 Å². The molecule has 1 fully saturated rings. The van der Waals surface area contributed by atoms with Gasteiger partial charge in [-0.2, -0.15) is 0 Å². The predicted molar refractivity (Wildman–Crippen MR) is 86.9 cm³/mol. The molecule has 0 aromatic carbocycles. The fourth-order valence-electron chi connectivity index (χ4n) is 2.84. The highest BCUT2D eigenvalue weighted by Gasteiger charge is 2.18. The average molecular weight is 298 g/mol. The van der Waals surface area contributed by atoms with Crippen molar-refractivity contribution in [1.82, 2.24) is 15.0 Å². The molecule has 0 aliphatic heterocycles. The molecule has 22 heavy (non-hydrogen) atoms. The van der Waals surface area contributed by atoms with Crippen molar-refractivity contribution in [2.75, 3.05) is 12.4 Å². The first-order chi connectivity index (χ1) is 10.7. The Kier molecular flexibility index (Phi) is 4.51. The van der Waals surface area contributed by atoms with Gasteiger partial charge in [-0.25, -0.2) is 15.0 Å². The Morgan fingerprint density at radius 3 is 2.45 bits per heavy atom. The number of aromatic nitrogens is 3. The maximum Gasteiger partial charge on any atom is 0.222 e. The Balaban J connectivity index is 1.67. The van der Waals surface area contributed by atoms with Crippen LogP contribution in [0.1, 0.15) is 32.6 Å². The van der Waals surface area contributed by atoms with Crippen molar-refractivity contribution in [2.45, 2.75) is 38.6 Å². The monoisotopic (exact) mass is 298 g/mol. The number of rotatable bonds is 4. The largest absolute Gasteiger partial charge is 0.481 e. The molecule has 1 aliphatic rings. The molecule has 5 heteroatoms. The maximum absolute atomic E-state index is 5.14. The number of methoxy groups -OCH3 is 1. The quantitative estimate of drug-likeness (QED) is 0.935. The molecule has 1 aliphatic carbocycles.